The lowest BCUT2D eigenvalue weighted by Gasteiger charge is -2.11. The highest BCUT2D eigenvalue weighted by atomic mass is 32.2. The summed E-state index contributed by atoms with van der Waals surface area (Å²) in [6, 6.07) is 13.8. The number of amides is 1. The van der Waals surface area contributed by atoms with Crippen LogP contribution in [0.5, 0.6) is 0 Å². The van der Waals surface area contributed by atoms with Crippen LogP contribution in [0.1, 0.15) is 16.7 Å². The molecule has 0 saturated carbocycles. The van der Waals surface area contributed by atoms with E-state index < -0.39 is 10.0 Å². The summed E-state index contributed by atoms with van der Waals surface area (Å²) in [5.41, 5.74) is 2.64. The number of benzene rings is 2. The van der Waals surface area contributed by atoms with Crippen molar-refractivity contribution in [1.29, 1.82) is 5.26 Å². The molecule has 0 bridgehead atoms. The van der Waals surface area contributed by atoms with E-state index in [1.54, 1.807) is 6.07 Å². The first-order valence-corrected chi connectivity index (χ1v) is 9.78. The van der Waals surface area contributed by atoms with Crippen LogP contribution in [0.15, 0.2) is 59.8 Å². The molecule has 1 heterocycles. The van der Waals surface area contributed by atoms with E-state index in [-0.39, 0.29) is 34.2 Å². The number of carbonyl (C=O) groups excluding carboxylic acids is 1. The molecule has 142 valence electrons. The van der Waals surface area contributed by atoms with E-state index in [9.17, 15) is 13.2 Å². The van der Waals surface area contributed by atoms with Gasteiger partial charge in [-0.25, -0.2) is 18.2 Å². The van der Waals surface area contributed by atoms with Crippen LogP contribution in [0, 0.1) is 18.3 Å². The lowest BCUT2D eigenvalue weighted by atomic mass is 10.1. The molecule has 0 aliphatic rings. The molecule has 9 heteroatoms. The number of nitrogens with one attached hydrogen (secondary N) is 1. The standard InChI is InChI=1S/C19H17N5O3S/c1-13-3-2-4-14(7-13)8-19(25)23-16-5-6-17(18(9-16)28(21,26)27)24-12-15(10-20)11-22-24/h2-7,9,11-12H,8H2,1H3,(H,23,25)(H2,21,26,27). The van der Waals surface area contributed by atoms with Crippen molar-refractivity contribution in [3.05, 3.63) is 71.5 Å². The van der Waals surface area contributed by atoms with Gasteiger partial charge in [-0.15, -0.1) is 0 Å². The topological polar surface area (TPSA) is 131 Å². The molecule has 3 N–H and O–H groups in total. The highest BCUT2D eigenvalue weighted by Gasteiger charge is 2.18. The number of sulfonamides is 1. The maximum absolute atomic E-state index is 12.3. The summed E-state index contributed by atoms with van der Waals surface area (Å²) >= 11 is 0. The van der Waals surface area contributed by atoms with Crippen molar-refractivity contribution in [3.8, 4) is 11.8 Å². The Balaban J connectivity index is 1.89. The monoisotopic (exact) mass is 395 g/mol. The minimum absolute atomic E-state index is 0.152. The number of hydrogen-bond acceptors (Lipinski definition) is 5. The third-order valence-electron chi connectivity index (χ3n) is 3.96. The van der Waals surface area contributed by atoms with Crippen molar-refractivity contribution < 1.29 is 13.2 Å². The summed E-state index contributed by atoms with van der Waals surface area (Å²) in [4.78, 5) is 12.1. The summed E-state index contributed by atoms with van der Waals surface area (Å²) < 4.78 is 25.3. The van der Waals surface area contributed by atoms with Crippen LogP contribution in [0.2, 0.25) is 0 Å². The van der Waals surface area contributed by atoms with E-state index in [4.69, 9.17) is 10.4 Å². The maximum atomic E-state index is 12.3. The number of carbonyl (C=O) groups is 1. The summed E-state index contributed by atoms with van der Waals surface area (Å²) in [5, 5.41) is 20.9. The summed E-state index contributed by atoms with van der Waals surface area (Å²) in [5.74, 6) is -0.287. The Morgan fingerprint density at radius 2 is 2.07 bits per heavy atom. The molecule has 0 spiro atoms. The van der Waals surface area contributed by atoms with Gasteiger partial charge >= 0.3 is 0 Å². The fourth-order valence-electron chi connectivity index (χ4n) is 2.73. The van der Waals surface area contributed by atoms with Gasteiger partial charge in [-0.2, -0.15) is 10.4 Å². The molecule has 2 aromatic carbocycles. The third kappa shape index (κ3) is 4.43. The predicted molar refractivity (Wildman–Crippen MR) is 103 cm³/mol. The van der Waals surface area contributed by atoms with Gasteiger partial charge in [0.15, 0.2) is 0 Å². The first-order valence-electron chi connectivity index (χ1n) is 8.23. The molecule has 0 unspecified atom stereocenters. The lowest BCUT2D eigenvalue weighted by Crippen LogP contribution is -2.18. The number of hydrogen-bond donors (Lipinski definition) is 2. The fourth-order valence-corrected chi connectivity index (χ4v) is 3.48. The second kappa shape index (κ2) is 7.64. The molecule has 0 atom stereocenters. The zero-order valence-electron chi connectivity index (χ0n) is 15.0. The van der Waals surface area contributed by atoms with Crippen molar-refractivity contribution in [2.45, 2.75) is 18.2 Å². The minimum atomic E-state index is -4.10. The summed E-state index contributed by atoms with van der Waals surface area (Å²) in [6.45, 7) is 1.94. The van der Waals surface area contributed by atoms with Crippen LogP contribution < -0.4 is 10.5 Å². The fraction of sp³-hybridized carbons (Fsp3) is 0.105. The summed E-state index contributed by atoms with van der Waals surface area (Å²) in [6.07, 6.45) is 2.85. The SMILES string of the molecule is Cc1cccc(CC(=O)Nc2ccc(-n3cc(C#N)cn3)c(S(N)(=O)=O)c2)c1. The molecule has 28 heavy (non-hydrogen) atoms. The van der Waals surface area contributed by atoms with Crippen molar-refractivity contribution >= 4 is 21.6 Å². The van der Waals surface area contributed by atoms with Crippen LogP contribution >= 0.6 is 0 Å². The molecule has 3 aromatic rings. The van der Waals surface area contributed by atoms with Crippen LogP contribution in [-0.4, -0.2) is 24.1 Å². The van der Waals surface area contributed by atoms with E-state index in [1.165, 1.54) is 29.2 Å². The van der Waals surface area contributed by atoms with Crippen molar-refractivity contribution in [1.82, 2.24) is 9.78 Å². The zero-order valence-corrected chi connectivity index (χ0v) is 15.8. The van der Waals surface area contributed by atoms with Crippen LogP contribution in [0.4, 0.5) is 5.69 Å². The molecule has 0 aliphatic carbocycles. The molecule has 0 fully saturated rings. The molecule has 0 radical (unpaired) electrons. The highest BCUT2D eigenvalue weighted by molar-refractivity contribution is 7.89. The van der Waals surface area contributed by atoms with Crippen LogP contribution in [0.3, 0.4) is 0 Å². The Kier molecular flexibility index (Phi) is 5.26. The Labute approximate surface area is 162 Å². The number of anilines is 1. The smallest absolute Gasteiger partial charge is 0.240 e. The number of nitrogens with two attached hydrogens (primary N) is 1. The Hall–Kier alpha value is -3.48. The van der Waals surface area contributed by atoms with Crippen molar-refractivity contribution in [2.75, 3.05) is 5.32 Å². The van der Waals surface area contributed by atoms with E-state index in [2.05, 4.69) is 10.4 Å². The van der Waals surface area contributed by atoms with Crippen LogP contribution in [-0.2, 0) is 21.2 Å². The van der Waals surface area contributed by atoms with Gasteiger partial charge in [0.05, 0.1) is 23.9 Å². The number of nitriles is 1. The van der Waals surface area contributed by atoms with Gasteiger partial charge in [0.1, 0.15) is 11.0 Å². The Morgan fingerprint density at radius 1 is 1.29 bits per heavy atom. The summed E-state index contributed by atoms with van der Waals surface area (Å²) in [7, 11) is -4.10. The largest absolute Gasteiger partial charge is 0.326 e. The minimum Gasteiger partial charge on any atom is -0.326 e. The number of aryl methyl sites for hydroxylation is 1. The van der Waals surface area contributed by atoms with Crippen LogP contribution in [0.25, 0.3) is 5.69 Å². The molecule has 3 rings (SSSR count). The molecular weight excluding hydrogens is 378 g/mol. The number of nitrogens with zero attached hydrogens (tertiary/aromatic N) is 3. The van der Waals surface area contributed by atoms with E-state index >= 15 is 0 Å². The van der Waals surface area contributed by atoms with E-state index in [1.807, 2.05) is 37.3 Å². The van der Waals surface area contributed by atoms with Gasteiger partial charge in [-0.3, -0.25) is 4.79 Å². The molecular formula is C19H17N5O3S. The van der Waals surface area contributed by atoms with Crippen molar-refractivity contribution in [3.63, 3.8) is 0 Å². The number of aromatic nitrogens is 2. The average Bonchev–Trinajstić information content (AvgIpc) is 3.10. The first-order chi connectivity index (χ1) is 13.3. The second-order valence-corrected chi connectivity index (χ2v) is 7.76. The van der Waals surface area contributed by atoms with Gasteiger partial charge < -0.3 is 5.32 Å². The molecule has 8 nitrogen and oxygen atoms in total. The normalized spacial score (nSPS) is 11.0. The Morgan fingerprint density at radius 3 is 2.71 bits per heavy atom. The first kappa shape index (κ1) is 19.3. The highest BCUT2D eigenvalue weighted by Crippen LogP contribution is 2.23. The lowest BCUT2D eigenvalue weighted by molar-refractivity contribution is -0.115. The predicted octanol–water partition coefficient (Wildman–Crippen LogP) is 1.88. The van der Waals surface area contributed by atoms with E-state index in [0.29, 0.717) is 0 Å². The van der Waals surface area contributed by atoms with Gasteiger partial charge in [0.25, 0.3) is 0 Å². The second-order valence-electron chi connectivity index (χ2n) is 6.23. The quantitative estimate of drug-likeness (QED) is 0.681. The molecule has 0 aliphatic heterocycles. The zero-order chi connectivity index (χ0) is 20.3. The van der Waals surface area contributed by atoms with Gasteiger partial charge in [0.2, 0.25) is 15.9 Å². The van der Waals surface area contributed by atoms with Gasteiger partial charge in [-0.1, -0.05) is 29.8 Å². The maximum Gasteiger partial charge on any atom is 0.240 e. The van der Waals surface area contributed by atoms with E-state index in [0.717, 1.165) is 11.1 Å². The average molecular weight is 395 g/mol. The van der Waals surface area contributed by atoms with Gasteiger partial charge in [0, 0.05) is 11.9 Å². The third-order valence-corrected chi connectivity index (χ3v) is 4.90. The Bertz CT molecular complexity index is 1190. The molecule has 1 aromatic heterocycles. The number of primary sulfonamides is 1. The molecule has 0 saturated heterocycles. The number of rotatable bonds is 5. The van der Waals surface area contributed by atoms with Gasteiger partial charge in [-0.05, 0) is 30.7 Å². The molecule has 1 amide bonds. The van der Waals surface area contributed by atoms with Crippen molar-refractivity contribution in [2.24, 2.45) is 5.14 Å².